The monoisotopic (exact) mass is 310 g/mol. The Labute approximate surface area is 130 Å². The second kappa shape index (κ2) is 6.18. The van der Waals surface area contributed by atoms with Crippen LogP contribution in [0.3, 0.4) is 0 Å². The molecule has 0 aliphatic carbocycles. The van der Waals surface area contributed by atoms with Crippen LogP contribution >= 0.6 is 11.6 Å². The molecule has 0 saturated carbocycles. The number of nitrogens with two attached hydrogens (primary N) is 1. The molecule has 1 fully saturated rings. The summed E-state index contributed by atoms with van der Waals surface area (Å²) in [5, 5.41) is 0.483. The van der Waals surface area contributed by atoms with Gasteiger partial charge in [0.2, 0.25) is 5.91 Å². The molecule has 2 atom stereocenters. The second-order valence-electron chi connectivity index (χ2n) is 6.15. The summed E-state index contributed by atoms with van der Waals surface area (Å²) >= 11 is 6.26. The minimum atomic E-state index is -0.242. The van der Waals surface area contributed by atoms with Crippen LogP contribution in [0.1, 0.15) is 50.9 Å². The third kappa shape index (κ3) is 3.28. The average molecular weight is 311 g/mol. The fourth-order valence-corrected chi connectivity index (χ4v) is 2.84. The zero-order valence-corrected chi connectivity index (χ0v) is 13.8. The summed E-state index contributed by atoms with van der Waals surface area (Å²) in [5.41, 5.74) is 6.33. The number of aromatic nitrogens is 2. The van der Waals surface area contributed by atoms with E-state index < -0.39 is 0 Å². The molecule has 1 aliphatic rings. The Morgan fingerprint density at radius 1 is 1.38 bits per heavy atom. The summed E-state index contributed by atoms with van der Waals surface area (Å²) in [4.78, 5) is 22.7. The van der Waals surface area contributed by atoms with Crippen molar-refractivity contribution in [3.05, 3.63) is 16.5 Å². The third-order valence-electron chi connectivity index (χ3n) is 4.15. The molecule has 0 radical (unpaired) electrons. The smallest absolute Gasteiger partial charge is 0.222 e. The van der Waals surface area contributed by atoms with Gasteiger partial charge in [-0.05, 0) is 26.7 Å². The van der Waals surface area contributed by atoms with Crippen molar-refractivity contribution in [2.45, 2.75) is 52.5 Å². The number of piperidine rings is 1. The van der Waals surface area contributed by atoms with Crippen LogP contribution in [0.2, 0.25) is 5.15 Å². The Hall–Kier alpha value is -1.36. The molecular formula is C15H23ClN4O. The van der Waals surface area contributed by atoms with Gasteiger partial charge in [0.1, 0.15) is 16.8 Å². The quantitative estimate of drug-likeness (QED) is 0.871. The maximum absolute atomic E-state index is 11.5. The van der Waals surface area contributed by atoms with Crippen molar-refractivity contribution in [1.29, 1.82) is 0 Å². The van der Waals surface area contributed by atoms with Gasteiger partial charge in [0.15, 0.2) is 0 Å². The minimum Gasteiger partial charge on any atom is -0.369 e. The highest BCUT2D eigenvalue weighted by atomic mass is 35.5. The van der Waals surface area contributed by atoms with E-state index in [1.54, 1.807) is 0 Å². The number of anilines is 1. The van der Waals surface area contributed by atoms with Crippen molar-refractivity contribution < 1.29 is 4.79 Å². The van der Waals surface area contributed by atoms with Crippen LogP contribution in [-0.2, 0) is 4.79 Å². The van der Waals surface area contributed by atoms with Crippen molar-refractivity contribution >= 4 is 23.3 Å². The molecule has 21 heavy (non-hydrogen) atoms. The first-order valence-corrected chi connectivity index (χ1v) is 7.79. The molecule has 2 heterocycles. The lowest BCUT2D eigenvalue weighted by molar-refractivity contribution is -0.122. The molecule has 5 nitrogen and oxygen atoms in total. The van der Waals surface area contributed by atoms with E-state index in [0.29, 0.717) is 17.7 Å². The Morgan fingerprint density at radius 2 is 2.05 bits per heavy atom. The van der Waals surface area contributed by atoms with Crippen LogP contribution in [-0.4, -0.2) is 28.5 Å². The summed E-state index contributed by atoms with van der Waals surface area (Å²) in [6.07, 6.45) is 1.76. The molecule has 116 valence electrons. The van der Waals surface area contributed by atoms with Crippen molar-refractivity contribution in [2.75, 3.05) is 11.4 Å². The van der Waals surface area contributed by atoms with Gasteiger partial charge in [-0.1, -0.05) is 25.4 Å². The lowest BCUT2D eigenvalue weighted by Crippen LogP contribution is -2.46. The van der Waals surface area contributed by atoms with Crippen LogP contribution in [0, 0.1) is 12.8 Å². The number of carbonyl (C=O) groups is 1. The largest absolute Gasteiger partial charge is 0.369 e. The first kappa shape index (κ1) is 16.0. The summed E-state index contributed by atoms with van der Waals surface area (Å²) < 4.78 is 0. The number of amides is 1. The van der Waals surface area contributed by atoms with Crippen LogP contribution in [0.5, 0.6) is 0 Å². The van der Waals surface area contributed by atoms with Crippen LogP contribution in [0.25, 0.3) is 0 Å². The van der Waals surface area contributed by atoms with Gasteiger partial charge in [0.05, 0.1) is 5.92 Å². The van der Waals surface area contributed by atoms with Crippen LogP contribution in [0.4, 0.5) is 5.82 Å². The Kier molecular flexibility index (Phi) is 4.71. The topological polar surface area (TPSA) is 72.1 Å². The molecule has 0 aromatic carbocycles. The number of hydrogen-bond donors (Lipinski definition) is 1. The van der Waals surface area contributed by atoms with Gasteiger partial charge >= 0.3 is 0 Å². The zero-order chi connectivity index (χ0) is 15.7. The lowest BCUT2D eigenvalue weighted by Gasteiger charge is -2.38. The van der Waals surface area contributed by atoms with Crippen molar-refractivity contribution in [3.63, 3.8) is 0 Å². The number of nitrogens with zero attached hydrogens (tertiary/aromatic N) is 3. The molecule has 2 unspecified atom stereocenters. The van der Waals surface area contributed by atoms with Crippen molar-refractivity contribution in [3.8, 4) is 0 Å². The van der Waals surface area contributed by atoms with Crippen molar-refractivity contribution in [2.24, 2.45) is 11.7 Å². The second-order valence-corrected chi connectivity index (χ2v) is 6.51. The van der Waals surface area contributed by atoms with Gasteiger partial charge in [-0.25, -0.2) is 9.97 Å². The normalized spacial score (nSPS) is 22.7. The SMILES string of the molecule is Cc1c(Cl)nc(C(C)C)nc1N1CC(C(N)=O)CCC1C. The number of rotatable bonds is 3. The number of carbonyl (C=O) groups excluding carboxylic acids is 1. The highest BCUT2D eigenvalue weighted by Crippen LogP contribution is 2.31. The van der Waals surface area contributed by atoms with Gasteiger partial charge in [-0.2, -0.15) is 0 Å². The van der Waals surface area contributed by atoms with Gasteiger partial charge in [0.25, 0.3) is 0 Å². The van der Waals surface area contributed by atoms with Gasteiger partial charge < -0.3 is 10.6 Å². The minimum absolute atomic E-state index is 0.128. The van der Waals surface area contributed by atoms with E-state index in [9.17, 15) is 4.79 Å². The maximum atomic E-state index is 11.5. The Morgan fingerprint density at radius 3 is 2.62 bits per heavy atom. The number of halogens is 1. The first-order chi connectivity index (χ1) is 9.81. The summed E-state index contributed by atoms with van der Waals surface area (Å²) in [6, 6.07) is 0.310. The molecule has 0 bridgehead atoms. The third-order valence-corrected chi connectivity index (χ3v) is 4.52. The summed E-state index contributed by atoms with van der Waals surface area (Å²) in [6.45, 7) is 8.74. The summed E-state index contributed by atoms with van der Waals surface area (Å²) in [5.74, 6) is 1.39. The number of primary amides is 1. The van der Waals surface area contributed by atoms with E-state index in [1.807, 2.05) is 20.8 Å². The number of hydrogen-bond acceptors (Lipinski definition) is 4. The first-order valence-electron chi connectivity index (χ1n) is 7.41. The Bertz CT molecular complexity index is 547. The zero-order valence-electron chi connectivity index (χ0n) is 13.1. The molecule has 1 aromatic heterocycles. The van der Waals surface area contributed by atoms with E-state index in [1.165, 1.54) is 0 Å². The van der Waals surface area contributed by atoms with Crippen LogP contribution in [0.15, 0.2) is 0 Å². The predicted molar refractivity (Wildman–Crippen MR) is 84.6 cm³/mol. The van der Waals surface area contributed by atoms with Gasteiger partial charge in [0, 0.05) is 24.1 Å². The molecular weight excluding hydrogens is 288 g/mol. The highest BCUT2D eigenvalue weighted by molar-refractivity contribution is 6.30. The molecule has 2 N–H and O–H groups in total. The molecule has 6 heteroatoms. The van der Waals surface area contributed by atoms with E-state index in [0.717, 1.165) is 30.0 Å². The Balaban J connectivity index is 2.41. The average Bonchev–Trinajstić information content (AvgIpc) is 2.42. The predicted octanol–water partition coefficient (Wildman–Crippen LogP) is 2.65. The fourth-order valence-electron chi connectivity index (χ4n) is 2.67. The van der Waals surface area contributed by atoms with Gasteiger partial charge in [-0.15, -0.1) is 0 Å². The summed E-state index contributed by atoms with van der Waals surface area (Å²) in [7, 11) is 0. The fraction of sp³-hybridized carbons (Fsp3) is 0.667. The molecule has 1 aliphatic heterocycles. The van der Waals surface area contributed by atoms with Crippen molar-refractivity contribution in [1.82, 2.24) is 9.97 Å². The van der Waals surface area contributed by atoms with E-state index in [2.05, 4.69) is 21.8 Å². The molecule has 2 rings (SSSR count). The van der Waals surface area contributed by atoms with Gasteiger partial charge in [-0.3, -0.25) is 4.79 Å². The van der Waals surface area contributed by atoms with E-state index in [-0.39, 0.29) is 17.7 Å². The van der Waals surface area contributed by atoms with E-state index >= 15 is 0 Å². The standard InChI is InChI=1S/C15H23ClN4O/c1-8(2)14-18-12(16)10(4)15(19-14)20-7-11(13(17)21)6-5-9(20)3/h8-9,11H,5-7H2,1-4H3,(H2,17,21). The lowest BCUT2D eigenvalue weighted by atomic mass is 9.92. The molecule has 1 amide bonds. The highest BCUT2D eigenvalue weighted by Gasteiger charge is 2.31. The molecule has 1 aromatic rings. The van der Waals surface area contributed by atoms with Crippen LogP contribution < -0.4 is 10.6 Å². The molecule has 1 saturated heterocycles. The molecule has 0 spiro atoms. The van der Waals surface area contributed by atoms with E-state index in [4.69, 9.17) is 17.3 Å². The maximum Gasteiger partial charge on any atom is 0.222 e.